The van der Waals surface area contributed by atoms with Gasteiger partial charge in [-0.15, -0.1) is 0 Å². The first kappa shape index (κ1) is 42.1. The van der Waals surface area contributed by atoms with Gasteiger partial charge in [0.05, 0.1) is 32.0 Å². The smallest absolute Gasteiger partial charge is 0.217 e. The fourth-order valence-electron chi connectivity index (χ4n) is 5.70. The van der Waals surface area contributed by atoms with Crippen LogP contribution in [0.4, 0.5) is 0 Å². The van der Waals surface area contributed by atoms with Gasteiger partial charge in [0.15, 0.2) is 12.6 Å². The number of aliphatic hydroxyl groups is 9. The third-order valence-corrected chi connectivity index (χ3v) is 8.47. The Hall–Kier alpha value is -2.28. The lowest BCUT2D eigenvalue weighted by molar-refractivity contribution is -0.409. The molecule has 3 aliphatic heterocycles. The van der Waals surface area contributed by atoms with Crippen molar-refractivity contribution in [2.45, 2.75) is 118 Å². The summed E-state index contributed by atoms with van der Waals surface area (Å²) in [5.74, 6) is -7.02. The molecule has 25 heteroatoms. The summed E-state index contributed by atoms with van der Waals surface area (Å²) in [5.41, 5.74) is 0. The van der Waals surface area contributed by atoms with E-state index in [4.69, 9.17) is 23.7 Å². The van der Waals surface area contributed by atoms with E-state index in [1.807, 2.05) is 0 Å². The molecule has 290 valence electrons. The second kappa shape index (κ2) is 17.0. The number of carboxylic acid groups (broad SMARTS) is 1. The standard InChI is InChI=1S/C25H42N2O22S/c1-7(30)26-13-9(32)3-25(24(39)40,49-21(13)15(34)10(33)4-28)48-20-11(5-29)46-23(18(37)17(20)36)47-19-12(6-44-50(41,42)43)45-22(38)14(16(19)35)27-8(2)31/h9-23,28-29,32-38H,3-6H2,1-2H3,(H,26,30)(H,27,31)(H,39,40)(H,41,42,43)/p-2/t9-,10+,11+,12+,13+,14+,15+,16+,17+,18+,19+,20-,21+,22?,23-,25+/m0/s1. The summed E-state index contributed by atoms with van der Waals surface area (Å²) in [4.78, 5) is 35.9. The van der Waals surface area contributed by atoms with Gasteiger partial charge in [0.25, 0.3) is 0 Å². The van der Waals surface area contributed by atoms with E-state index in [-0.39, 0.29) is 0 Å². The van der Waals surface area contributed by atoms with Crippen LogP contribution in [-0.4, -0.2) is 194 Å². The molecule has 0 aromatic carbocycles. The van der Waals surface area contributed by atoms with Crippen molar-refractivity contribution in [2.24, 2.45) is 0 Å². The van der Waals surface area contributed by atoms with Crippen LogP contribution in [0.15, 0.2) is 0 Å². The summed E-state index contributed by atoms with van der Waals surface area (Å²) < 4.78 is 64.4. The van der Waals surface area contributed by atoms with Gasteiger partial charge in [-0.25, -0.2) is 8.42 Å². The molecule has 0 aromatic heterocycles. The highest BCUT2D eigenvalue weighted by Gasteiger charge is 2.57. The minimum Gasteiger partial charge on any atom is -0.726 e. The van der Waals surface area contributed by atoms with E-state index in [0.29, 0.717) is 0 Å². The first-order valence-electron chi connectivity index (χ1n) is 14.8. The van der Waals surface area contributed by atoms with Gasteiger partial charge in [-0.2, -0.15) is 0 Å². The van der Waals surface area contributed by atoms with Crippen LogP contribution in [0.3, 0.4) is 0 Å². The van der Waals surface area contributed by atoms with Crippen molar-refractivity contribution < 1.29 is 106 Å². The zero-order valence-electron chi connectivity index (χ0n) is 26.2. The van der Waals surface area contributed by atoms with Crippen molar-refractivity contribution in [3.05, 3.63) is 0 Å². The van der Waals surface area contributed by atoms with Crippen LogP contribution >= 0.6 is 0 Å². The van der Waals surface area contributed by atoms with Gasteiger partial charge in [0.2, 0.25) is 28.0 Å². The Morgan fingerprint density at radius 3 is 2.04 bits per heavy atom. The molecule has 50 heavy (non-hydrogen) atoms. The number of amides is 2. The molecule has 3 heterocycles. The van der Waals surface area contributed by atoms with Gasteiger partial charge in [0.1, 0.15) is 73.1 Å². The lowest BCUT2D eigenvalue weighted by Gasteiger charge is -2.52. The van der Waals surface area contributed by atoms with Crippen LogP contribution in [0.5, 0.6) is 0 Å². The largest absolute Gasteiger partial charge is 0.726 e. The normalized spacial score (nSPS) is 40.8. The monoisotopic (exact) mass is 752 g/mol. The summed E-state index contributed by atoms with van der Waals surface area (Å²) in [5, 5.41) is 111. The van der Waals surface area contributed by atoms with Crippen LogP contribution in [0.2, 0.25) is 0 Å². The molecule has 16 atom stereocenters. The summed E-state index contributed by atoms with van der Waals surface area (Å²) in [6.07, 6.45) is -27.9. The maximum atomic E-state index is 12.5. The maximum Gasteiger partial charge on any atom is 0.217 e. The second-order valence-corrected chi connectivity index (χ2v) is 12.8. The number of aliphatic carboxylic acids is 1. The first-order chi connectivity index (χ1) is 23.2. The van der Waals surface area contributed by atoms with E-state index in [1.165, 1.54) is 0 Å². The SMILES string of the molecule is CC(=O)N[C@H]1[C@H]([C@H](O)[C@H](O)CO)O[C@@](O[C@@H]2[C@H](O)[C@@H](O)[C@H](O[C@H]3[C@H](O)[C@@H](NC(C)=O)C(O)O[C@@H]3COS(=O)(=O)[O-])O[C@@H]2CO)(C(=O)[O-])C[C@@H]1O. The van der Waals surface area contributed by atoms with E-state index in [0.717, 1.165) is 13.8 Å². The van der Waals surface area contributed by atoms with E-state index >= 15 is 0 Å². The number of nitrogens with one attached hydrogen (secondary N) is 2. The molecule has 0 spiro atoms. The van der Waals surface area contributed by atoms with E-state index in [9.17, 15) is 78.4 Å². The maximum absolute atomic E-state index is 12.5. The van der Waals surface area contributed by atoms with Gasteiger partial charge in [-0.05, 0) is 0 Å². The summed E-state index contributed by atoms with van der Waals surface area (Å²) >= 11 is 0. The Balaban J connectivity index is 1.91. The average molecular weight is 753 g/mol. The summed E-state index contributed by atoms with van der Waals surface area (Å²) in [6, 6.07) is -3.28. The minimum atomic E-state index is -5.38. The van der Waals surface area contributed by atoms with Crippen molar-refractivity contribution in [1.29, 1.82) is 0 Å². The molecule has 0 aromatic rings. The Bertz CT molecular complexity index is 1290. The van der Waals surface area contributed by atoms with Gasteiger partial charge in [-0.1, -0.05) is 0 Å². The predicted octanol–water partition coefficient (Wildman–Crippen LogP) is -9.93. The molecule has 0 aliphatic carbocycles. The highest BCUT2D eigenvalue weighted by atomic mass is 32.3. The number of aliphatic hydroxyl groups excluding tert-OH is 9. The summed E-state index contributed by atoms with van der Waals surface area (Å²) in [6.45, 7) is -1.44. The van der Waals surface area contributed by atoms with Gasteiger partial charge in [0, 0.05) is 20.3 Å². The van der Waals surface area contributed by atoms with Crippen LogP contribution in [0.25, 0.3) is 0 Å². The Kier molecular flexibility index (Phi) is 14.4. The summed E-state index contributed by atoms with van der Waals surface area (Å²) in [7, 11) is -5.38. The van der Waals surface area contributed by atoms with E-state index in [2.05, 4.69) is 14.8 Å². The third kappa shape index (κ3) is 9.77. The molecule has 2 amide bonds. The van der Waals surface area contributed by atoms with Crippen LogP contribution < -0.4 is 15.7 Å². The second-order valence-electron chi connectivity index (χ2n) is 11.7. The molecule has 0 saturated carbocycles. The molecule has 24 nitrogen and oxygen atoms in total. The topological polar surface area (TPSA) is 393 Å². The number of carbonyl (C=O) groups is 3. The van der Waals surface area contributed by atoms with Crippen molar-refractivity contribution in [2.75, 3.05) is 19.8 Å². The molecule has 3 rings (SSSR count). The zero-order valence-corrected chi connectivity index (χ0v) is 27.0. The van der Waals surface area contributed by atoms with Gasteiger partial charge in [-0.3, -0.25) is 13.8 Å². The highest BCUT2D eigenvalue weighted by Crippen LogP contribution is 2.37. The number of carboxylic acids is 1. The quantitative estimate of drug-likeness (QED) is 0.0579. The fourth-order valence-corrected chi connectivity index (χ4v) is 6.00. The van der Waals surface area contributed by atoms with Crippen molar-refractivity contribution in [3.8, 4) is 0 Å². The average Bonchev–Trinajstić information content (AvgIpc) is 3.02. The van der Waals surface area contributed by atoms with Crippen molar-refractivity contribution in [1.82, 2.24) is 10.6 Å². The van der Waals surface area contributed by atoms with Crippen molar-refractivity contribution in [3.63, 3.8) is 0 Å². The van der Waals surface area contributed by atoms with Gasteiger partial charge >= 0.3 is 0 Å². The van der Waals surface area contributed by atoms with E-state index < -0.39 is 152 Å². The molecule has 3 fully saturated rings. The number of rotatable bonds is 14. The Morgan fingerprint density at radius 1 is 0.920 bits per heavy atom. The number of hydrogen-bond donors (Lipinski definition) is 11. The van der Waals surface area contributed by atoms with Crippen LogP contribution in [-0.2, 0) is 52.7 Å². The van der Waals surface area contributed by atoms with Crippen LogP contribution in [0, 0.1) is 0 Å². The number of hydrogen-bond acceptors (Lipinski definition) is 22. The molecular formula is C25H40N2O22S-2. The Labute approximate surface area is 283 Å². The van der Waals surface area contributed by atoms with E-state index in [1.54, 1.807) is 0 Å². The highest BCUT2D eigenvalue weighted by molar-refractivity contribution is 7.80. The lowest BCUT2D eigenvalue weighted by atomic mass is 9.88. The first-order valence-corrected chi connectivity index (χ1v) is 16.2. The predicted molar refractivity (Wildman–Crippen MR) is 148 cm³/mol. The zero-order chi connectivity index (χ0) is 37.9. The number of ether oxygens (including phenoxy) is 5. The van der Waals surface area contributed by atoms with Gasteiger partial charge < -0.3 is 94.7 Å². The molecule has 3 saturated heterocycles. The molecule has 1 unspecified atom stereocenters. The Morgan fingerprint density at radius 2 is 1.52 bits per heavy atom. The van der Waals surface area contributed by atoms with Crippen LogP contribution in [0.1, 0.15) is 20.3 Å². The lowest BCUT2D eigenvalue weighted by Crippen LogP contribution is -2.72. The minimum absolute atomic E-state index is 0.794. The molecule has 11 N–H and O–H groups in total. The third-order valence-electron chi connectivity index (χ3n) is 8.05. The molecular weight excluding hydrogens is 712 g/mol. The number of carbonyl (C=O) groups excluding carboxylic acids is 3. The fraction of sp³-hybridized carbons (Fsp3) is 0.880. The molecule has 3 aliphatic rings. The molecule has 0 bridgehead atoms. The molecule has 0 radical (unpaired) electrons. The van der Waals surface area contributed by atoms with Crippen molar-refractivity contribution >= 4 is 28.2 Å².